The molecule has 0 aromatic heterocycles. The zero-order chi connectivity index (χ0) is 31.2. The number of amides is 1. The van der Waals surface area contributed by atoms with E-state index in [1.54, 1.807) is 7.11 Å². The number of carbonyl (C=O) groups excluding carboxylic acids is 1. The molecule has 0 fully saturated rings. The van der Waals surface area contributed by atoms with Crippen molar-refractivity contribution in [3.05, 3.63) is 161 Å². The Morgan fingerprint density at radius 2 is 1.22 bits per heavy atom. The fourth-order valence-corrected chi connectivity index (χ4v) is 7.64. The Morgan fingerprint density at radius 1 is 0.733 bits per heavy atom. The summed E-state index contributed by atoms with van der Waals surface area (Å²) in [5.41, 5.74) is 7.35. The number of nitrogens with one attached hydrogen (secondary N) is 1. The molecule has 1 atom stereocenters. The Hall–Kier alpha value is -5.01. The molecule has 1 amide bonds. The lowest BCUT2D eigenvalue weighted by molar-refractivity contribution is -0.138. The van der Waals surface area contributed by atoms with E-state index in [0.29, 0.717) is 0 Å². The number of rotatable bonds is 11. The second-order valence-electron chi connectivity index (χ2n) is 10.8. The summed E-state index contributed by atoms with van der Waals surface area (Å²) >= 11 is 1.45. The minimum absolute atomic E-state index is 0.0787. The van der Waals surface area contributed by atoms with Gasteiger partial charge in [-0.05, 0) is 51.1 Å². The van der Waals surface area contributed by atoms with Gasteiger partial charge >= 0.3 is 12.1 Å². The molecule has 0 heterocycles. The average Bonchev–Trinajstić information content (AvgIpc) is 3.41. The number of carboxylic acids is 1. The first-order valence-electron chi connectivity index (χ1n) is 14.7. The molecule has 1 unspecified atom stereocenters. The van der Waals surface area contributed by atoms with Crippen LogP contribution < -0.4 is 10.1 Å². The highest BCUT2D eigenvalue weighted by molar-refractivity contribution is 8.00. The van der Waals surface area contributed by atoms with Gasteiger partial charge in [0.1, 0.15) is 18.4 Å². The van der Waals surface area contributed by atoms with Crippen LogP contribution in [0.2, 0.25) is 0 Å². The molecule has 2 N–H and O–H groups in total. The van der Waals surface area contributed by atoms with Gasteiger partial charge in [0.25, 0.3) is 0 Å². The lowest BCUT2D eigenvalue weighted by Crippen LogP contribution is -2.44. The summed E-state index contributed by atoms with van der Waals surface area (Å²) in [4.78, 5) is 25.7. The van der Waals surface area contributed by atoms with Crippen LogP contribution in [-0.4, -0.2) is 42.7 Å². The van der Waals surface area contributed by atoms with Crippen molar-refractivity contribution in [3.63, 3.8) is 0 Å². The van der Waals surface area contributed by atoms with Crippen LogP contribution in [0.15, 0.2) is 133 Å². The quantitative estimate of drug-likeness (QED) is 0.148. The van der Waals surface area contributed by atoms with Crippen molar-refractivity contribution >= 4 is 23.8 Å². The number of alkyl carbamates (subject to hydrolysis) is 1. The van der Waals surface area contributed by atoms with Crippen LogP contribution in [-0.2, 0) is 14.3 Å². The van der Waals surface area contributed by atoms with Gasteiger partial charge in [0.05, 0.1) is 11.9 Å². The van der Waals surface area contributed by atoms with Gasteiger partial charge in [0, 0.05) is 11.7 Å². The standard InChI is InChI=1S/C38H33NO5S/c1-43-29-22-20-28(21-23-29)38(26-12-4-2-5-13-26,27-14-6-3-7-15-27)45-25-35(36(40)41)39-37(42)44-24-34-32-18-10-8-16-30(32)31-17-9-11-19-33(31)34/h2-23,34-35H,24-25H2,1H3,(H,39,42)(H,40,41). The van der Waals surface area contributed by atoms with E-state index < -0.39 is 22.9 Å². The van der Waals surface area contributed by atoms with Crippen LogP contribution in [0.1, 0.15) is 33.7 Å². The molecule has 7 heteroatoms. The smallest absolute Gasteiger partial charge is 0.407 e. The van der Waals surface area contributed by atoms with E-state index in [1.165, 1.54) is 11.8 Å². The van der Waals surface area contributed by atoms with Gasteiger partial charge in [-0.15, -0.1) is 11.8 Å². The molecule has 0 spiro atoms. The van der Waals surface area contributed by atoms with Gasteiger partial charge in [-0.2, -0.15) is 0 Å². The first-order chi connectivity index (χ1) is 22.0. The summed E-state index contributed by atoms with van der Waals surface area (Å²) in [5.74, 6) is -0.463. The Kier molecular flexibility index (Phi) is 8.89. The summed E-state index contributed by atoms with van der Waals surface area (Å²) in [6.45, 7) is 0.100. The molecule has 0 saturated heterocycles. The Labute approximate surface area is 267 Å². The maximum atomic E-state index is 13.1. The number of fused-ring (bicyclic) bond motifs is 3. The maximum Gasteiger partial charge on any atom is 0.407 e. The lowest BCUT2D eigenvalue weighted by Gasteiger charge is -2.36. The van der Waals surface area contributed by atoms with Crippen LogP contribution in [0.5, 0.6) is 5.75 Å². The fourth-order valence-electron chi connectivity index (χ4n) is 6.09. The average molecular weight is 616 g/mol. The van der Waals surface area contributed by atoms with Crippen molar-refractivity contribution in [2.75, 3.05) is 19.5 Å². The third kappa shape index (κ3) is 6.04. The molecule has 0 aliphatic heterocycles. The molecule has 226 valence electrons. The van der Waals surface area contributed by atoms with E-state index in [4.69, 9.17) is 9.47 Å². The first-order valence-corrected chi connectivity index (χ1v) is 15.7. The van der Waals surface area contributed by atoms with Crippen molar-refractivity contribution in [1.82, 2.24) is 5.32 Å². The number of hydrogen-bond acceptors (Lipinski definition) is 5. The molecule has 6 rings (SSSR count). The summed E-state index contributed by atoms with van der Waals surface area (Å²) in [6.07, 6.45) is -0.765. The van der Waals surface area contributed by atoms with Crippen molar-refractivity contribution in [2.24, 2.45) is 0 Å². The minimum Gasteiger partial charge on any atom is -0.497 e. The number of thioether (sulfide) groups is 1. The molecular weight excluding hydrogens is 582 g/mol. The van der Waals surface area contributed by atoms with E-state index in [-0.39, 0.29) is 18.3 Å². The predicted octanol–water partition coefficient (Wildman–Crippen LogP) is 7.71. The van der Waals surface area contributed by atoms with Crippen molar-refractivity contribution in [1.29, 1.82) is 0 Å². The molecular formula is C38H33NO5S. The second kappa shape index (κ2) is 13.3. The summed E-state index contributed by atoms with van der Waals surface area (Å²) in [6, 6.07) is 42.8. The summed E-state index contributed by atoms with van der Waals surface area (Å²) in [5, 5.41) is 12.9. The predicted molar refractivity (Wildman–Crippen MR) is 178 cm³/mol. The minimum atomic E-state index is -1.20. The van der Waals surface area contributed by atoms with Gasteiger partial charge in [0.2, 0.25) is 0 Å². The third-order valence-corrected chi connectivity index (χ3v) is 9.90. The van der Waals surface area contributed by atoms with Crippen LogP contribution in [0.3, 0.4) is 0 Å². The van der Waals surface area contributed by atoms with Crippen LogP contribution >= 0.6 is 11.8 Å². The van der Waals surface area contributed by atoms with Crippen molar-refractivity contribution in [3.8, 4) is 16.9 Å². The molecule has 0 radical (unpaired) electrons. The summed E-state index contributed by atoms with van der Waals surface area (Å²) in [7, 11) is 1.62. The number of benzene rings is 5. The molecule has 45 heavy (non-hydrogen) atoms. The van der Waals surface area contributed by atoms with Crippen molar-refractivity contribution in [2.45, 2.75) is 16.7 Å². The highest BCUT2D eigenvalue weighted by Gasteiger charge is 2.39. The van der Waals surface area contributed by atoms with Crippen LogP contribution in [0.4, 0.5) is 4.79 Å². The first kappa shape index (κ1) is 30.0. The van der Waals surface area contributed by atoms with Crippen LogP contribution in [0, 0.1) is 0 Å². The van der Waals surface area contributed by atoms with Gasteiger partial charge < -0.3 is 19.9 Å². The molecule has 1 aliphatic rings. The highest BCUT2D eigenvalue weighted by atomic mass is 32.2. The largest absolute Gasteiger partial charge is 0.497 e. The highest BCUT2D eigenvalue weighted by Crippen LogP contribution is 2.49. The van der Waals surface area contributed by atoms with E-state index >= 15 is 0 Å². The van der Waals surface area contributed by atoms with E-state index in [9.17, 15) is 14.7 Å². The monoisotopic (exact) mass is 615 g/mol. The zero-order valence-corrected chi connectivity index (χ0v) is 25.6. The van der Waals surface area contributed by atoms with Gasteiger partial charge in [-0.1, -0.05) is 121 Å². The molecule has 6 nitrogen and oxygen atoms in total. The SMILES string of the molecule is COc1ccc(C(SCC(NC(=O)OCC2c3ccccc3-c3ccccc32)C(=O)O)(c2ccccc2)c2ccccc2)cc1. The number of ether oxygens (including phenoxy) is 2. The molecule has 0 saturated carbocycles. The third-order valence-electron chi connectivity index (χ3n) is 8.26. The number of aliphatic carboxylic acids is 1. The molecule has 5 aromatic carbocycles. The molecule has 0 bridgehead atoms. The number of hydrogen-bond donors (Lipinski definition) is 2. The Balaban J connectivity index is 1.25. The number of methoxy groups -OCH3 is 1. The maximum absolute atomic E-state index is 13.1. The second-order valence-corrected chi connectivity index (χ2v) is 12.0. The van der Waals surface area contributed by atoms with Gasteiger partial charge in [0.15, 0.2) is 0 Å². The van der Waals surface area contributed by atoms with E-state index in [1.807, 2.05) is 121 Å². The number of carboxylic acid groups (broad SMARTS) is 1. The molecule has 1 aliphatic carbocycles. The molecule has 5 aromatic rings. The van der Waals surface area contributed by atoms with E-state index in [2.05, 4.69) is 17.4 Å². The lowest BCUT2D eigenvalue weighted by atomic mass is 9.84. The Morgan fingerprint density at radius 3 is 1.73 bits per heavy atom. The van der Waals surface area contributed by atoms with E-state index in [0.717, 1.165) is 44.7 Å². The van der Waals surface area contributed by atoms with Crippen molar-refractivity contribution < 1.29 is 24.2 Å². The topological polar surface area (TPSA) is 84.9 Å². The Bertz CT molecular complexity index is 1690. The van der Waals surface area contributed by atoms with Gasteiger partial charge in [-0.3, -0.25) is 0 Å². The van der Waals surface area contributed by atoms with Gasteiger partial charge in [-0.25, -0.2) is 9.59 Å². The fraction of sp³-hybridized carbons (Fsp3) is 0.158. The van der Waals surface area contributed by atoms with Crippen LogP contribution in [0.25, 0.3) is 11.1 Å². The zero-order valence-electron chi connectivity index (χ0n) is 24.8. The number of carbonyl (C=O) groups is 2. The normalized spacial score (nSPS) is 12.9. The summed E-state index contributed by atoms with van der Waals surface area (Å²) < 4.78 is 10.3.